The average molecular weight is 281 g/mol. The van der Waals surface area contributed by atoms with Crippen LogP contribution in [0, 0.1) is 0 Å². The van der Waals surface area contributed by atoms with E-state index >= 15 is 0 Å². The fourth-order valence-electron chi connectivity index (χ4n) is 1.90. The van der Waals surface area contributed by atoms with Crippen molar-refractivity contribution in [2.45, 2.75) is 18.9 Å². The fourth-order valence-corrected chi connectivity index (χ4v) is 2.39. The summed E-state index contributed by atoms with van der Waals surface area (Å²) in [7, 11) is 0. The molecule has 94 valence electrons. The van der Waals surface area contributed by atoms with Crippen molar-refractivity contribution in [1.82, 2.24) is 0 Å². The van der Waals surface area contributed by atoms with Gasteiger partial charge in [-0.3, -0.25) is 0 Å². The van der Waals surface area contributed by atoms with E-state index in [2.05, 4.69) is 0 Å². The molecule has 0 aliphatic carbocycles. The molecule has 1 nitrogen and oxygen atoms in total. The molecular weight excluding hydrogens is 267 g/mol. The van der Waals surface area contributed by atoms with Crippen LogP contribution >= 0.6 is 23.2 Å². The Balaban J connectivity index is 2.01. The molecule has 2 aromatic carbocycles. The summed E-state index contributed by atoms with van der Waals surface area (Å²) in [5, 5.41) is 11.3. The first-order chi connectivity index (χ1) is 8.65. The van der Waals surface area contributed by atoms with Gasteiger partial charge in [0, 0.05) is 16.5 Å². The van der Waals surface area contributed by atoms with Crippen molar-refractivity contribution in [3.8, 4) is 0 Å². The smallest absolute Gasteiger partial charge is 0.0621 e. The molecule has 0 saturated carbocycles. The Morgan fingerprint density at radius 3 is 2.33 bits per heavy atom. The maximum Gasteiger partial charge on any atom is 0.0621 e. The summed E-state index contributed by atoms with van der Waals surface area (Å²) in [6.45, 7) is 0. The van der Waals surface area contributed by atoms with Gasteiger partial charge in [-0.2, -0.15) is 0 Å². The van der Waals surface area contributed by atoms with Crippen LogP contribution in [0.5, 0.6) is 0 Å². The molecule has 0 bridgehead atoms. The summed E-state index contributed by atoms with van der Waals surface area (Å²) in [5.74, 6) is 0. The van der Waals surface area contributed by atoms with E-state index in [9.17, 15) is 5.11 Å². The monoisotopic (exact) mass is 280 g/mol. The maximum atomic E-state index is 10.1. The van der Waals surface area contributed by atoms with E-state index in [0.29, 0.717) is 22.9 Å². The fraction of sp³-hybridized carbons (Fsp3) is 0.200. The SMILES string of the molecule is OC(Cc1ccccc1)Cc1ccc(Cl)cc1Cl. The Bertz CT molecular complexity index is 511. The van der Waals surface area contributed by atoms with Crippen LogP contribution in [-0.2, 0) is 12.8 Å². The molecule has 0 fully saturated rings. The lowest BCUT2D eigenvalue weighted by Gasteiger charge is -2.12. The van der Waals surface area contributed by atoms with Gasteiger partial charge >= 0.3 is 0 Å². The highest BCUT2D eigenvalue weighted by Gasteiger charge is 2.09. The van der Waals surface area contributed by atoms with Gasteiger partial charge in [0.25, 0.3) is 0 Å². The van der Waals surface area contributed by atoms with E-state index in [-0.39, 0.29) is 0 Å². The lowest BCUT2D eigenvalue weighted by atomic mass is 10.0. The summed E-state index contributed by atoms with van der Waals surface area (Å²) in [6.07, 6.45) is 0.719. The molecule has 0 amide bonds. The van der Waals surface area contributed by atoms with Crippen LogP contribution in [0.1, 0.15) is 11.1 Å². The average Bonchev–Trinajstić information content (AvgIpc) is 2.34. The van der Waals surface area contributed by atoms with Gasteiger partial charge in [0.2, 0.25) is 0 Å². The molecule has 0 aliphatic rings. The van der Waals surface area contributed by atoms with Crippen molar-refractivity contribution in [2.24, 2.45) is 0 Å². The predicted octanol–water partition coefficient (Wildman–Crippen LogP) is 4.14. The van der Waals surface area contributed by atoms with E-state index in [0.717, 1.165) is 11.1 Å². The highest BCUT2D eigenvalue weighted by atomic mass is 35.5. The molecule has 1 unspecified atom stereocenters. The van der Waals surface area contributed by atoms with E-state index in [1.165, 1.54) is 0 Å². The van der Waals surface area contributed by atoms with Crippen LogP contribution < -0.4 is 0 Å². The minimum atomic E-state index is -0.439. The zero-order chi connectivity index (χ0) is 13.0. The molecule has 0 aromatic heterocycles. The van der Waals surface area contributed by atoms with E-state index < -0.39 is 6.10 Å². The quantitative estimate of drug-likeness (QED) is 0.893. The number of rotatable bonds is 4. The van der Waals surface area contributed by atoms with Crippen molar-refractivity contribution in [3.05, 3.63) is 69.7 Å². The highest BCUT2D eigenvalue weighted by molar-refractivity contribution is 6.35. The van der Waals surface area contributed by atoms with Gasteiger partial charge in [-0.25, -0.2) is 0 Å². The first-order valence-corrected chi connectivity index (χ1v) is 6.56. The van der Waals surface area contributed by atoms with Gasteiger partial charge in [0.15, 0.2) is 0 Å². The van der Waals surface area contributed by atoms with Gasteiger partial charge in [-0.1, -0.05) is 59.6 Å². The molecule has 0 heterocycles. The molecule has 0 aliphatic heterocycles. The van der Waals surface area contributed by atoms with E-state index in [1.54, 1.807) is 12.1 Å². The second-order valence-corrected chi connectivity index (χ2v) is 5.13. The van der Waals surface area contributed by atoms with E-state index in [1.807, 2.05) is 36.4 Å². The van der Waals surface area contributed by atoms with Crippen molar-refractivity contribution in [2.75, 3.05) is 0 Å². The molecule has 2 rings (SSSR count). The zero-order valence-corrected chi connectivity index (χ0v) is 11.3. The third-order valence-electron chi connectivity index (χ3n) is 2.78. The number of hydrogen-bond donors (Lipinski definition) is 1. The molecule has 0 radical (unpaired) electrons. The van der Waals surface area contributed by atoms with Gasteiger partial charge in [0.05, 0.1) is 6.10 Å². The Kier molecular flexibility index (Phi) is 4.65. The number of halogens is 2. The molecule has 2 aromatic rings. The maximum absolute atomic E-state index is 10.1. The van der Waals surface area contributed by atoms with Gasteiger partial charge < -0.3 is 5.11 Å². The van der Waals surface area contributed by atoms with Crippen LogP contribution in [0.15, 0.2) is 48.5 Å². The largest absolute Gasteiger partial charge is 0.392 e. The third-order valence-corrected chi connectivity index (χ3v) is 3.37. The van der Waals surface area contributed by atoms with Gasteiger partial charge in [-0.15, -0.1) is 0 Å². The van der Waals surface area contributed by atoms with Crippen LogP contribution in [0.3, 0.4) is 0 Å². The third kappa shape index (κ3) is 3.74. The Labute approximate surface area is 117 Å². The van der Waals surface area contributed by atoms with Crippen LogP contribution in [0.2, 0.25) is 10.0 Å². The first kappa shape index (κ1) is 13.4. The summed E-state index contributed by atoms with van der Waals surface area (Å²) in [4.78, 5) is 0. The molecule has 0 saturated heterocycles. The Hall–Kier alpha value is -1.02. The van der Waals surface area contributed by atoms with Crippen molar-refractivity contribution in [3.63, 3.8) is 0 Å². The topological polar surface area (TPSA) is 20.2 Å². The van der Waals surface area contributed by atoms with Crippen LogP contribution in [-0.4, -0.2) is 11.2 Å². The Morgan fingerprint density at radius 2 is 1.67 bits per heavy atom. The predicted molar refractivity (Wildman–Crippen MR) is 76.3 cm³/mol. The summed E-state index contributed by atoms with van der Waals surface area (Å²) >= 11 is 11.9. The van der Waals surface area contributed by atoms with Crippen LogP contribution in [0.4, 0.5) is 0 Å². The minimum absolute atomic E-state index is 0.439. The molecular formula is C15H14Cl2O. The van der Waals surface area contributed by atoms with Crippen molar-refractivity contribution in [1.29, 1.82) is 0 Å². The van der Waals surface area contributed by atoms with Crippen LogP contribution in [0.25, 0.3) is 0 Å². The zero-order valence-electron chi connectivity index (χ0n) is 9.81. The minimum Gasteiger partial charge on any atom is -0.392 e. The lowest BCUT2D eigenvalue weighted by molar-refractivity contribution is 0.175. The Morgan fingerprint density at radius 1 is 0.944 bits per heavy atom. The number of aliphatic hydroxyl groups is 1. The van der Waals surface area contributed by atoms with Crippen molar-refractivity contribution < 1.29 is 5.11 Å². The van der Waals surface area contributed by atoms with E-state index in [4.69, 9.17) is 23.2 Å². The number of aliphatic hydroxyl groups excluding tert-OH is 1. The second-order valence-electron chi connectivity index (χ2n) is 4.28. The summed E-state index contributed by atoms with van der Waals surface area (Å²) in [5.41, 5.74) is 2.04. The number of hydrogen-bond acceptors (Lipinski definition) is 1. The molecule has 18 heavy (non-hydrogen) atoms. The molecule has 1 N–H and O–H groups in total. The second kappa shape index (κ2) is 6.24. The van der Waals surface area contributed by atoms with Gasteiger partial charge in [-0.05, 0) is 29.7 Å². The highest BCUT2D eigenvalue weighted by Crippen LogP contribution is 2.22. The summed E-state index contributed by atoms with van der Waals surface area (Å²) < 4.78 is 0. The van der Waals surface area contributed by atoms with Gasteiger partial charge in [0.1, 0.15) is 0 Å². The molecule has 1 atom stereocenters. The lowest BCUT2D eigenvalue weighted by Crippen LogP contribution is -2.14. The molecule has 3 heteroatoms. The normalized spacial score (nSPS) is 12.4. The first-order valence-electron chi connectivity index (χ1n) is 5.81. The van der Waals surface area contributed by atoms with Crippen molar-refractivity contribution >= 4 is 23.2 Å². The molecule has 0 spiro atoms. The number of benzene rings is 2. The standard InChI is InChI=1S/C15H14Cl2O/c16-13-7-6-12(15(17)10-13)9-14(18)8-11-4-2-1-3-5-11/h1-7,10,14,18H,8-9H2. The summed E-state index contributed by atoms with van der Waals surface area (Å²) in [6, 6.07) is 15.3.